The number of benzene rings is 1. The number of fused-ring (bicyclic) bond motifs is 1. The zero-order chi connectivity index (χ0) is 13.2. The molecule has 1 aliphatic rings. The first-order chi connectivity index (χ1) is 9.25. The molecule has 5 nitrogen and oxygen atoms in total. The zero-order valence-electron chi connectivity index (χ0n) is 10.5. The lowest BCUT2D eigenvalue weighted by atomic mass is 10.1. The van der Waals surface area contributed by atoms with E-state index in [1.165, 1.54) is 5.06 Å². The predicted octanol–water partition coefficient (Wildman–Crippen LogP) is 1.98. The largest absolute Gasteiger partial charge is 0.398 e. The number of anilines is 1. The summed E-state index contributed by atoms with van der Waals surface area (Å²) in [7, 11) is 0. The maximum Gasteiger partial charge on any atom is 0.296 e. The van der Waals surface area contributed by atoms with E-state index in [0.717, 1.165) is 23.7 Å². The monoisotopic (exact) mass is 257 g/mol. The van der Waals surface area contributed by atoms with Crippen LogP contribution < -0.4 is 5.73 Å². The second-order valence-electron chi connectivity index (χ2n) is 4.56. The van der Waals surface area contributed by atoms with Gasteiger partial charge in [-0.2, -0.15) is 0 Å². The van der Waals surface area contributed by atoms with E-state index >= 15 is 0 Å². The van der Waals surface area contributed by atoms with E-state index in [9.17, 15) is 4.79 Å². The highest BCUT2D eigenvalue weighted by Crippen LogP contribution is 2.21. The second kappa shape index (κ2) is 4.85. The normalized spacial score (nSPS) is 15.7. The van der Waals surface area contributed by atoms with Crippen molar-refractivity contribution in [3.05, 3.63) is 36.0 Å². The molecule has 19 heavy (non-hydrogen) atoms. The molecule has 98 valence electrons. The van der Waals surface area contributed by atoms with Crippen molar-refractivity contribution >= 4 is 22.5 Å². The standard InChI is InChI=1S/C14H15N3O2/c15-11-9-13(14(18)17-7-3-4-8-19-17)16-12-6-2-1-5-10(11)12/h1-2,5-6,9H,3-4,7-8H2,(H2,15,16). The molecule has 2 aromatic rings. The van der Waals surface area contributed by atoms with Gasteiger partial charge < -0.3 is 5.73 Å². The van der Waals surface area contributed by atoms with Gasteiger partial charge in [-0.3, -0.25) is 9.63 Å². The van der Waals surface area contributed by atoms with Crippen LogP contribution in [0.5, 0.6) is 0 Å². The minimum absolute atomic E-state index is 0.225. The Kier molecular flexibility index (Phi) is 3.05. The van der Waals surface area contributed by atoms with E-state index in [2.05, 4.69) is 4.98 Å². The summed E-state index contributed by atoms with van der Waals surface area (Å²) in [6.07, 6.45) is 1.94. The SMILES string of the molecule is Nc1cc(C(=O)N2CCCCO2)nc2ccccc12. The zero-order valence-corrected chi connectivity index (χ0v) is 10.5. The van der Waals surface area contributed by atoms with Crippen LogP contribution in [0.15, 0.2) is 30.3 Å². The third-order valence-electron chi connectivity index (χ3n) is 3.20. The highest BCUT2D eigenvalue weighted by Gasteiger charge is 2.21. The first-order valence-electron chi connectivity index (χ1n) is 6.36. The molecule has 1 fully saturated rings. The summed E-state index contributed by atoms with van der Waals surface area (Å²) in [5.74, 6) is -0.225. The van der Waals surface area contributed by atoms with Crippen molar-refractivity contribution in [2.24, 2.45) is 0 Å². The van der Waals surface area contributed by atoms with E-state index < -0.39 is 0 Å². The molecule has 1 aromatic heterocycles. The van der Waals surface area contributed by atoms with Gasteiger partial charge in [-0.15, -0.1) is 0 Å². The summed E-state index contributed by atoms with van der Waals surface area (Å²) in [5, 5.41) is 2.23. The van der Waals surface area contributed by atoms with Crippen LogP contribution in [0.4, 0.5) is 5.69 Å². The fourth-order valence-electron chi connectivity index (χ4n) is 2.20. The molecule has 2 N–H and O–H groups in total. The van der Waals surface area contributed by atoms with Crippen LogP contribution in [0.2, 0.25) is 0 Å². The lowest BCUT2D eigenvalue weighted by molar-refractivity contribution is -0.144. The van der Waals surface area contributed by atoms with E-state index in [1.54, 1.807) is 6.07 Å². The summed E-state index contributed by atoms with van der Waals surface area (Å²) in [6, 6.07) is 9.13. The van der Waals surface area contributed by atoms with Crippen LogP contribution in [-0.2, 0) is 4.84 Å². The maximum absolute atomic E-state index is 12.3. The van der Waals surface area contributed by atoms with Crippen molar-refractivity contribution in [2.75, 3.05) is 18.9 Å². The first-order valence-corrected chi connectivity index (χ1v) is 6.36. The molecule has 0 radical (unpaired) electrons. The summed E-state index contributed by atoms with van der Waals surface area (Å²) in [4.78, 5) is 22.0. The van der Waals surface area contributed by atoms with Crippen LogP contribution >= 0.6 is 0 Å². The van der Waals surface area contributed by atoms with Gasteiger partial charge in [-0.1, -0.05) is 18.2 Å². The molecule has 1 saturated heterocycles. The molecule has 2 heterocycles. The van der Waals surface area contributed by atoms with Gasteiger partial charge in [0, 0.05) is 17.6 Å². The van der Waals surface area contributed by atoms with Gasteiger partial charge in [0.2, 0.25) is 0 Å². The number of nitrogens with zero attached hydrogens (tertiary/aromatic N) is 2. The number of amides is 1. The fourth-order valence-corrected chi connectivity index (χ4v) is 2.20. The predicted molar refractivity (Wildman–Crippen MR) is 72.4 cm³/mol. The number of aromatic nitrogens is 1. The van der Waals surface area contributed by atoms with Crippen molar-refractivity contribution in [3.8, 4) is 0 Å². The number of carbonyl (C=O) groups excluding carboxylic acids is 1. The Morgan fingerprint density at radius 2 is 2.16 bits per heavy atom. The minimum atomic E-state index is -0.225. The summed E-state index contributed by atoms with van der Waals surface area (Å²) in [5.41, 5.74) is 7.59. The Labute approximate surface area is 110 Å². The number of para-hydroxylation sites is 1. The van der Waals surface area contributed by atoms with Crippen molar-refractivity contribution in [1.82, 2.24) is 10.0 Å². The maximum atomic E-state index is 12.3. The fraction of sp³-hybridized carbons (Fsp3) is 0.286. The number of hydrogen-bond acceptors (Lipinski definition) is 4. The summed E-state index contributed by atoms with van der Waals surface area (Å²) >= 11 is 0. The average molecular weight is 257 g/mol. The van der Waals surface area contributed by atoms with Crippen LogP contribution in [0, 0.1) is 0 Å². The summed E-state index contributed by atoms with van der Waals surface area (Å²) < 4.78 is 0. The lowest BCUT2D eigenvalue weighted by Gasteiger charge is -2.25. The molecule has 0 bridgehead atoms. The third kappa shape index (κ3) is 2.24. The Morgan fingerprint density at radius 3 is 2.95 bits per heavy atom. The number of rotatable bonds is 1. The van der Waals surface area contributed by atoms with Gasteiger partial charge in [0.05, 0.1) is 12.1 Å². The van der Waals surface area contributed by atoms with Crippen molar-refractivity contribution < 1.29 is 9.63 Å². The number of carbonyl (C=O) groups is 1. The lowest BCUT2D eigenvalue weighted by Crippen LogP contribution is -2.36. The molecule has 0 spiro atoms. The number of nitrogens with two attached hydrogens (primary N) is 1. The average Bonchev–Trinajstić information content (AvgIpc) is 2.47. The molecule has 5 heteroatoms. The van der Waals surface area contributed by atoms with Crippen LogP contribution in [0.1, 0.15) is 23.3 Å². The van der Waals surface area contributed by atoms with Crippen molar-refractivity contribution in [1.29, 1.82) is 0 Å². The number of nitrogen functional groups attached to an aromatic ring is 1. The van der Waals surface area contributed by atoms with Crippen LogP contribution in [-0.4, -0.2) is 29.1 Å². The van der Waals surface area contributed by atoms with Crippen molar-refractivity contribution in [3.63, 3.8) is 0 Å². The number of pyridine rings is 1. The topological polar surface area (TPSA) is 68.5 Å². The van der Waals surface area contributed by atoms with Crippen LogP contribution in [0.25, 0.3) is 10.9 Å². The van der Waals surface area contributed by atoms with Gasteiger partial charge in [0.15, 0.2) is 0 Å². The number of hydroxylamine groups is 2. The first kappa shape index (κ1) is 11.9. The van der Waals surface area contributed by atoms with Gasteiger partial charge >= 0.3 is 0 Å². The van der Waals surface area contributed by atoms with E-state index in [0.29, 0.717) is 24.5 Å². The molecule has 0 atom stereocenters. The molecule has 3 rings (SSSR count). The van der Waals surface area contributed by atoms with Gasteiger partial charge in [-0.25, -0.2) is 10.0 Å². The smallest absolute Gasteiger partial charge is 0.296 e. The Bertz CT molecular complexity index is 621. The molecular formula is C14H15N3O2. The Balaban J connectivity index is 1.98. The highest BCUT2D eigenvalue weighted by molar-refractivity contribution is 5.98. The van der Waals surface area contributed by atoms with Gasteiger partial charge in [0.1, 0.15) is 5.69 Å². The van der Waals surface area contributed by atoms with Crippen LogP contribution in [0.3, 0.4) is 0 Å². The number of hydrogen-bond donors (Lipinski definition) is 1. The van der Waals surface area contributed by atoms with Crippen molar-refractivity contribution in [2.45, 2.75) is 12.8 Å². The Hall–Kier alpha value is -2.14. The molecule has 1 amide bonds. The Morgan fingerprint density at radius 1 is 1.32 bits per heavy atom. The van der Waals surface area contributed by atoms with Gasteiger partial charge in [0.25, 0.3) is 5.91 Å². The van der Waals surface area contributed by atoms with E-state index in [-0.39, 0.29) is 5.91 Å². The molecule has 0 aliphatic carbocycles. The highest BCUT2D eigenvalue weighted by atomic mass is 16.7. The molecule has 1 aromatic carbocycles. The quantitative estimate of drug-likeness (QED) is 0.848. The molecule has 0 unspecified atom stereocenters. The van der Waals surface area contributed by atoms with Gasteiger partial charge in [-0.05, 0) is 25.0 Å². The molecular weight excluding hydrogens is 242 g/mol. The molecule has 0 saturated carbocycles. The minimum Gasteiger partial charge on any atom is -0.398 e. The molecule has 1 aliphatic heterocycles. The van der Waals surface area contributed by atoms with E-state index in [4.69, 9.17) is 10.6 Å². The van der Waals surface area contributed by atoms with E-state index in [1.807, 2.05) is 24.3 Å². The second-order valence-corrected chi connectivity index (χ2v) is 4.56. The third-order valence-corrected chi connectivity index (χ3v) is 3.20. The summed E-state index contributed by atoms with van der Waals surface area (Å²) in [6.45, 7) is 1.18.